The summed E-state index contributed by atoms with van der Waals surface area (Å²) in [5, 5.41) is 40.3. The molecule has 0 amide bonds. The van der Waals surface area contributed by atoms with Gasteiger partial charge >= 0.3 is 5.97 Å². The van der Waals surface area contributed by atoms with Gasteiger partial charge in [0.1, 0.15) is 30.5 Å². The quantitative estimate of drug-likeness (QED) is 0.0268. The van der Waals surface area contributed by atoms with Crippen molar-refractivity contribution in [3.05, 3.63) is 122 Å². The standard InChI is InChI=1S/C57H92O9/c1-3-5-7-9-11-13-15-17-19-21-23-25-27-29-31-33-35-37-39-41-43-45-47-63-49-51(50-64-57-56(62)55(61)54(60)52(48-58)66-57)65-53(59)46-44-42-40-38-36-34-32-30-28-26-24-22-20-18-16-14-12-10-8-6-4-2/h5-8,11-14,17-20,23-26,29-32,51-52,54-58,60-62H,3-4,9-10,15-16,21-22,27-28,33-50H2,1-2H3/b7-5-,8-6-,13-11-,14-12-,19-17-,20-18-,25-23-,26-24-,31-29-,32-30-. The molecular weight excluding hydrogens is 829 g/mol. The van der Waals surface area contributed by atoms with Crippen LogP contribution in [0.4, 0.5) is 0 Å². The van der Waals surface area contributed by atoms with Crippen LogP contribution in [0.1, 0.15) is 168 Å². The maximum atomic E-state index is 12.8. The Bertz CT molecular complexity index is 1420. The molecule has 0 aromatic heterocycles. The zero-order valence-electron chi connectivity index (χ0n) is 41.1. The van der Waals surface area contributed by atoms with Gasteiger partial charge in [-0.25, -0.2) is 0 Å². The van der Waals surface area contributed by atoms with Crippen LogP contribution in [0.5, 0.6) is 0 Å². The molecule has 1 saturated heterocycles. The fourth-order valence-electron chi connectivity index (χ4n) is 6.96. The number of hydrogen-bond acceptors (Lipinski definition) is 9. The normalized spacial score (nSPS) is 20.4. The molecule has 9 nitrogen and oxygen atoms in total. The molecule has 66 heavy (non-hydrogen) atoms. The topological polar surface area (TPSA) is 135 Å². The first-order valence-electron chi connectivity index (χ1n) is 25.6. The van der Waals surface area contributed by atoms with Crippen molar-refractivity contribution in [3.63, 3.8) is 0 Å². The predicted octanol–water partition coefficient (Wildman–Crippen LogP) is 12.7. The third kappa shape index (κ3) is 36.7. The van der Waals surface area contributed by atoms with Crippen molar-refractivity contribution in [2.24, 2.45) is 0 Å². The molecule has 4 N–H and O–H groups in total. The molecule has 1 aliphatic rings. The van der Waals surface area contributed by atoms with E-state index in [1.165, 1.54) is 19.3 Å². The Balaban J connectivity index is 2.26. The Kier molecular flexibility index (Phi) is 42.9. The molecule has 0 spiro atoms. The fraction of sp³-hybridized carbons (Fsp3) is 0.632. The summed E-state index contributed by atoms with van der Waals surface area (Å²) in [6.45, 7) is 4.25. The average Bonchev–Trinajstić information content (AvgIpc) is 3.32. The third-order valence-corrected chi connectivity index (χ3v) is 10.9. The number of aliphatic hydroxyl groups excluding tert-OH is 4. The Morgan fingerprint density at radius 3 is 1.32 bits per heavy atom. The molecule has 0 aromatic rings. The zero-order valence-corrected chi connectivity index (χ0v) is 41.1. The molecule has 1 heterocycles. The summed E-state index contributed by atoms with van der Waals surface area (Å²) in [6.07, 6.45) is 60.8. The molecule has 1 fully saturated rings. The number of carbonyl (C=O) groups is 1. The van der Waals surface area contributed by atoms with Crippen molar-refractivity contribution in [2.45, 2.75) is 205 Å². The van der Waals surface area contributed by atoms with Gasteiger partial charge in [0, 0.05) is 13.0 Å². The molecule has 6 atom stereocenters. The Morgan fingerprint density at radius 1 is 0.485 bits per heavy atom. The third-order valence-electron chi connectivity index (χ3n) is 10.9. The van der Waals surface area contributed by atoms with Gasteiger partial charge < -0.3 is 39.4 Å². The maximum absolute atomic E-state index is 12.8. The SMILES string of the molecule is CC/C=C\C/C=C\C/C=C\C/C=C\C/C=C\CCCCCCCCOCC(COC1OC(CO)C(O)C(O)C1O)OC(=O)CCCCCCC/C=C\C/C=C\C/C=C\C/C=C\C/C=C\CC. The number of esters is 1. The van der Waals surface area contributed by atoms with E-state index in [-0.39, 0.29) is 25.6 Å². The van der Waals surface area contributed by atoms with Crippen molar-refractivity contribution in [2.75, 3.05) is 26.4 Å². The van der Waals surface area contributed by atoms with E-state index >= 15 is 0 Å². The van der Waals surface area contributed by atoms with Crippen LogP contribution >= 0.6 is 0 Å². The highest BCUT2D eigenvalue weighted by Gasteiger charge is 2.44. The van der Waals surface area contributed by atoms with Crippen LogP contribution in [0, 0.1) is 0 Å². The van der Waals surface area contributed by atoms with Gasteiger partial charge in [-0.05, 0) is 103 Å². The number of aliphatic hydroxyl groups is 4. The number of hydrogen-bond donors (Lipinski definition) is 4. The molecule has 9 heteroatoms. The molecule has 0 radical (unpaired) electrons. The molecule has 0 saturated carbocycles. The summed E-state index contributed by atoms with van der Waals surface area (Å²) in [7, 11) is 0. The number of unbranched alkanes of at least 4 members (excludes halogenated alkanes) is 11. The van der Waals surface area contributed by atoms with Gasteiger partial charge in [0.2, 0.25) is 0 Å². The van der Waals surface area contributed by atoms with Crippen LogP contribution in [0.3, 0.4) is 0 Å². The summed E-state index contributed by atoms with van der Waals surface area (Å²) in [5.41, 5.74) is 0. The van der Waals surface area contributed by atoms with E-state index in [9.17, 15) is 25.2 Å². The van der Waals surface area contributed by atoms with Crippen molar-refractivity contribution in [1.82, 2.24) is 0 Å². The van der Waals surface area contributed by atoms with Gasteiger partial charge in [0.05, 0.1) is 19.8 Å². The van der Waals surface area contributed by atoms with Crippen LogP contribution in [-0.2, 0) is 23.7 Å². The summed E-state index contributed by atoms with van der Waals surface area (Å²) in [5.74, 6) is -0.343. The largest absolute Gasteiger partial charge is 0.457 e. The Hall–Kier alpha value is -3.41. The molecule has 6 unspecified atom stereocenters. The lowest BCUT2D eigenvalue weighted by molar-refractivity contribution is -0.305. The van der Waals surface area contributed by atoms with E-state index in [4.69, 9.17) is 18.9 Å². The molecule has 1 aliphatic heterocycles. The Morgan fingerprint density at radius 2 is 0.879 bits per heavy atom. The van der Waals surface area contributed by atoms with Crippen LogP contribution in [0.25, 0.3) is 0 Å². The lowest BCUT2D eigenvalue weighted by Gasteiger charge is -2.39. The first-order valence-corrected chi connectivity index (χ1v) is 25.6. The van der Waals surface area contributed by atoms with Crippen molar-refractivity contribution in [1.29, 1.82) is 0 Å². The van der Waals surface area contributed by atoms with E-state index in [0.29, 0.717) is 6.61 Å². The highest BCUT2D eigenvalue weighted by Crippen LogP contribution is 2.22. The second-order valence-electron chi connectivity index (χ2n) is 16.8. The minimum atomic E-state index is -1.55. The van der Waals surface area contributed by atoms with E-state index in [0.717, 1.165) is 128 Å². The molecular formula is C57H92O9. The van der Waals surface area contributed by atoms with E-state index in [1.807, 2.05) is 0 Å². The molecule has 374 valence electrons. The predicted molar refractivity (Wildman–Crippen MR) is 274 cm³/mol. The van der Waals surface area contributed by atoms with Crippen LogP contribution in [0.15, 0.2) is 122 Å². The lowest BCUT2D eigenvalue weighted by atomic mass is 9.99. The molecule has 0 aliphatic carbocycles. The van der Waals surface area contributed by atoms with Crippen molar-refractivity contribution >= 4 is 5.97 Å². The second kappa shape index (κ2) is 46.7. The highest BCUT2D eigenvalue weighted by molar-refractivity contribution is 5.69. The van der Waals surface area contributed by atoms with Gasteiger partial charge in [-0.15, -0.1) is 0 Å². The van der Waals surface area contributed by atoms with Crippen molar-refractivity contribution < 1.29 is 44.2 Å². The zero-order chi connectivity index (χ0) is 47.8. The van der Waals surface area contributed by atoms with Gasteiger partial charge in [0.15, 0.2) is 6.29 Å². The Labute approximate surface area is 401 Å². The fourth-order valence-corrected chi connectivity index (χ4v) is 6.96. The van der Waals surface area contributed by atoms with Crippen LogP contribution in [0.2, 0.25) is 0 Å². The van der Waals surface area contributed by atoms with Crippen LogP contribution in [-0.4, -0.2) is 89.6 Å². The molecule has 0 aromatic carbocycles. The van der Waals surface area contributed by atoms with E-state index < -0.39 is 43.4 Å². The van der Waals surface area contributed by atoms with Gasteiger partial charge in [-0.2, -0.15) is 0 Å². The van der Waals surface area contributed by atoms with Crippen molar-refractivity contribution in [3.8, 4) is 0 Å². The maximum Gasteiger partial charge on any atom is 0.306 e. The lowest BCUT2D eigenvalue weighted by Crippen LogP contribution is -2.59. The summed E-state index contributed by atoms with van der Waals surface area (Å²) in [6, 6.07) is 0. The molecule has 0 bridgehead atoms. The van der Waals surface area contributed by atoms with E-state index in [1.54, 1.807) is 0 Å². The van der Waals surface area contributed by atoms with E-state index in [2.05, 4.69) is 135 Å². The number of carbonyl (C=O) groups excluding carboxylic acids is 1. The summed E-state index contributed by atoms with van der Waals surface area (Å²) >= 11 is 0. The number of rotatable bonds is 42. The summed E-state index contributed by atoms with van der Waals surface area (Å²) < 4.78 is 22.9. The van der Waals surface area contributed by atoms with Gasteiger partial charge in [-0.3, -0.25) is 4.79 Å². The second-order valence-corrected chi connectivity index (χ2v) is 16.8. The van der Waals surface area contributed by atoms with Gasteiger partial charge in [0.25, 0.3) is 0 Å². The monoisotopic (exact) mass is 921 g/mol. The first-order chi connectivity index (χ1) is 32.4. The van der Waals surface area contributed by atoms with Crippen LogP contribution < -0.4 is 0 Å². The van der Waals surface area contributed by atoms with Gasteiger partial charge in [-0.1, -0.05) is 180 Å². The minimum absolute atomic E-state index is 0.117. The average molecular weight is 921 g/mol. The highest BCUT2D eigenvalue weighted by atomic mass is 16.7. The minimum Gasteiger partial charge on any atom is -0.457 e. The molecule has 1 rings (SSSR count). The summed E-state index contributed by atoms with van der Waals surface area (Å²) in [4.78, 5) is 12.8. The first kappa shape index (κ1) is 60.6. The smallest absolute Gasteiger partial charge is 0.306 e. The number of allylic oxidation sites excluding steroid dienone is 20. The number of ether oxygens (including phenoxy) is 4.